The first-order valence-corrected chi connectivity index (χ1v) is 10.1. The van der Waals surface area contributed by atoms with E-state index in [1.807, 2.05) is 17.7 Å². The lowest BCUT2D eigenvalue weighted by atomic mass is 10.2. The van der Waals surface area contributed by atoms with Gasteiger partial charge in [0.25, 0.3) is 5.91 Å². The molecule has 26 heavy (non-hydrogen) atoms. The number of amides is 1. The molecule has 1 aromatic heterocycles. The number of nitrogens with one attached hydrogen (secondary N) is 1. The monoisotopic (exact) mass is 413 g/mol. The van der Waals surface area contributed by atoms with Crippen molar-refractivity contribution in [2.45, 2.75) is 13.5 Å². The summed E-state index contributed by atoms with van der Waals surface area (Å²) in [5.74, 6) is -0.839. The smallest absolute Gasteiger partial charge is 0.266 e. The molecule has 0 atom stereocenters. The van der Waals surface area contributed by atoms with Crippen LogP contribution in [0.15, 0.2) is 30.4 Å². The largest absolute Gasteiger partial charge is 0.285 e. The Morgan fingerprint density at radius 2 is 2.08 bits per heavy atom. The van der Waals surface area contributed by atoms with Crippen LogP contribution in [0.5, 0.6) is 0 Å². The van der Waals surface area contributed by atoms with Crippen LogP contribution in [0.3, 0.4) is 0 Å². The quantitative estimate of drug-likeness (QED) is 0.808. The minimum atomic E-state index is -3.72. The zero-order valence-corrected chi connectivity index (χ0v) is 16.5. The number of carbonyl (C=O) groups is 1. The second kappa shape index (κ2) is 8.07. The van der Waals surface area contributed by atoms with Gasteiger partial charge in [0.15, 0.2) is 5.69 Å². The molecule has 1 N–H and O–H groups in total. The Morgan fingerprint density at radius 3 is 2.65 bits per heavy atom. The molecular weight excluding hydrogens is 397 g/mol. The van der Waals surface area contributed by atoms with Crippen molar-refractivity contribution in [2.24, 2.45) is 0 Å². The fourth-order valence-corrected chi connectivity index (χ4v) is 3.12. The number of allylic oxidation sites excluding steroid dienone is 2. The van der Waals surface area contributed by atoms with Crippen LogP contribution in [0.25, 0.3) is 12.7 Å². The number of nitrogens with zero attached hydrogens (tertiary/aromatic N) is 2. The molecule has 0 fully saturated rings. The summed E-state index contributed by atoms with van der Waals surface area (Å²) >= 11 is 12.1. The molecule has 0 aliphatic carbocycles. The van der Waals surface area contributed by atoms with E-state index in [9.17, 15) is 13.2 Å². The highest BCUT2D eigenvalue weighted by Gasteiger charge is 2.17. The SMILES string of the molecule is C=c1c(C(=O)NS(C)(=O)=O)nn(Cc2ccc(Cl)cc2Cl)/c1=C/C=C\C. The van der Waals surface area contributed by atoms with E-state index in [0.717, 1.165) is 11.8 Å². The van der Waals surface area contributed by atoms with E-state index in [-0.39, 0.29) is 12.2 Å². The van der Waals surface area contributed by atoms with Gasteiger partial charge in [0.05, 0.1) is 18.1 Å². The summed E-state index contributed by atoms with van der Waals surface area (Å²) in [4.78, 5) is 12.2. The van der Waals surface area contributed by atoms with Crippen molar-refractivity contribution in [3.63, 3.8) is 0 Å². The summed E-state index contributed by atoms with van der Waals surface area (Å²) in [6.07, 6.45) is 6.20. The lowest BCUT2D eigenvalue weighted by molar-refractivity contribution is 0.0975. The third-order valence-electron chi connectivity index (χ3n) is 3.37. The van der Waals surface area contributed by atoms with Crippen LogP contribution >= 0.6 is 23.2 Å². The molecule has 9 heteroatoms. The van der Waals surface area contributed by atoms with Gasteiger partial charge in [0.2, 0.25) is 10.0 Å². The van der Waals surface area contributed by atoms with Gasteiger partial charge in [-0.05, 0) is 30.7 Å². The average Bonchev–Trinajstić information content (AvgIpc) is 2.82. The van der Waals surface area contributed by atoms with Crippen LogP contribution in [0, 0.1) is 0 Å². The van der Waals surface area contributed by atoms with Gasteiger partial charge in [0.1, 0.15) is 0 Å². The van der Waals surface area contributed by atoms with Crippen molar-refractivity contribution in [2.75, 3.05) is 6.26 Å². The first-order valence-electron chi connectivity index (χ1n) is 7.47. The molecule has 0 aliphatic heterocycles. The fourth-order valence-electron chi connectivity index (χ4n) is 2.22. The van der Waals surface area contributed by atoms with Gasteiger partial charge in [-0.1, -0.05) is 48.0 Å². The highest BCUT2D eigenvalue weighted by Crippen LogP contribution is 2.21. The number of benzene rings is 1. The maximum absolute atomic E-state index is 12.2. The van der Waals surface area contributed by atoms with Gasteiger partial charge < -0.3 is 0 Å². The Morgan fingerprint density at radius 1 is 1.38 bits per heavy atom. The van der Waals surface area contributed by atoms with E-state index in [1.165, 1.54) is 4.68 Å². The summed E-state index contributed by atoms with van der Waals surface area (Å²) in [6, 6.07) is 5.06. The molecule has 6 nitrogen and oxygen atoms in total. The van der Waals surface area contributed by atoms with Crippen molar-refractivity contribution in [1.29, 1.82) is 0 Å². The number of sulfonamides is 1. The maximum Gasteiger partial charge on any atom is 0.285 e. The minimum Gasteiger partial charge on any atom is -0.266 e. The summed E-state index contributed by atoms with van der Waals surface area (Å²) < 4.78 is 26.1. The average molecular weight is 414 g/mol. The standard InChI is InChI=1S/C17H17Cl2N3O3S/c1-4-5-6-15-11(2)16(17(23)21-26(3,24)25)20-22(15)10-12-7-8-13(18)9-14(12)19/h4-9H,2,10H2,1,3H3,(H,21,23)/b5-4-,15-6+. The molecule has 0 radical (unpaired) electrons. The Balaban J connectivity index is 2.56. The van der Waals surface area contributed by atoms with Crippen LogP contribution < -0.4 is 15.3 Å². The van der Waals surface area contributed by atoms with Crippen molar-refractivity contribution in [3.05, 3.63) is 62.2 Å². The molecule has 2 aromatic rings. The molecule has 138 valence electrons. The zero-order chi connectivity index (χ0) is 19.5. The summed E-state index contributed by atoms with van der Waals surface area (Å²) in [7, 11) is -3.72. The highest BCUT2D eigenvalue weighted by molar-refractivity contribution is 7.89. The lowest BCUT2D eigenvalue weighted by Crippen LogP contribution is -2.35. The molecule has 1 heterocycles. The molecule has 0 spiro atoms. The number of aromatic nitrogens is 2. The van der Waals surface area contributed by atoms with Crippen molar-refractivity contribution in [1.82, 2.24) is 14.5 Å². The van der Waals surface area contributed by atoms with Crippen LogP contribution in [-0.4, -0.2) is 30.4 Å². The maximum atomic E-state index is 12.2. The minimum absolute atomic E-state index is 0.0729. The van der Waals surface area contributed by atoms with Gasteiger partial charge in [-0.15, -0.1) is 0 Å². The van der Waals surface area contributed by atoms with Gasteiger partial charge in [-0.3, -0.25) is 9.48 Å². The molecule has 1 amide bonds. The Hall–Kier alpha value is -2.09. The first kappa shape index (κ1) is 20.2. The van der Waals surface area contributed by atoms with Gasteiger partial charge in [0, 0.05) is 15.3 Å². The topological polar surface area (TPSA) is 81.1 Å². The third kappa shape index (κ3) is 4.97. The van der Waals surface area contributed by atoms with Crippen LogP contribution in [-0.2, 0) is 16.6 Å². The number of rotatable bonds is 5. The number of hydrogen-bond donors (Lipinski definition) is 1. The molecule has 0 aliphatic rings. The molecule has 1 aromatic carbocycles. The van der Waals surface area contributed by atoms with E-state index in [0.29, 0.717) is 20.6 Å². The highest BCUT2D eigenvalue weighted by atomic mass is 35.5. The third-order valence-corrected chi connectivity index (χ3v) is 4.51. The van der Waals surface area contributed by atoms with E-state index >= 15 is 0 Å². The van der Waals surface area contributed by atoms with Gasteiger partial charge in [-0.25, -0.2) is 13.1 Å². The molecule has 0 saturated heterocycles. The second-order valence-electron chi connectivity index (χ2n) is 5.50. The molecule has 0 unspecified atom stereocenters. The van der Waals surface area contributed by atoms with Crippen molar-refractivity contribution in [3.8, 4) is 0 Å². The molecular formula is C17H17Cl2N3O3S. The van der Waals surface area contributed by atoms with Gasteiger partial charge in [-0.2, -0.15) is 5.10 Å². The Labute approximate surface area is 161 Å². The number of hydrogen-bond acceptors (Lipinski definition) is 4. The molecule has 0 bridgehead atoms. The van der Waals surface area contributed by atoms with Crippen LogP contribution in [0.4, 0.5) is 0 Å². The Bertz CT molecular complexity index is 1090. The van der Waals surface area contributed by atoms with E-state index in [4.69, 9.17) is 23.2 Å². The molecule has 0 saturated carbocycles. The fraction of sp³-hybridized carbons (Fsp3) is 0.176. The van der Waals surface area contributed by atoms with E-state index in [1.54, 1.807) is 30.4 Å². The van der Waals surface area contributed by atoms with Gasteiger partial charge >= 0.3 is 0 Å². The molecule has 2 rings (SSSR count). The summed E-state index contributed by atoms with van der Waals surface area (Å²) in [5.41, 5.74) is 0.667. The normalized spacial score (nSPS) is 12.7. The summed E-state index contributed by atoms with van der Waals surface area (Å²) in [6.45, 7) is 5.96. The van der Waals surface area contributed by atoms with E-state index in [2.05, 4.69) is 11.7 Å². The summed E-state index contributed by atoms with van der Waals surface area (Å²) in [5, 5.41) is 6.07. The Kier molecular flexibility index (Phi) is 6.28. The second-order valence-corrected chi connectivity index (χ2v) is 8.09. The van der Waals surface area contributed by atoms with Crippen LogP contribution in [0.1, 0.15) is 23.0 Å². The predicted molar refractivity (Wildman–Crippen MR) is 104 cm³/mol. The van der Waals surface area contributed by atoms with Crippen LogP contribution in [0.2, 0.25) is 10.0 Å². The first-order chi connectivity index (χ1) is 12.1. The van der Waals surface area contributed by atoms with Crippen molar-refractivity contribution >= 4 is 51.8 Å². The lowest BCUT2D eigenvalue weighted by Gasteiger charge is -2.06. The number of carbonyl (C=O) groups excluding carboxylic acids is 1. The predicted octanol–water partition coefficient (Wildman–Crippen LogP) is 1.69. The zero-order valence-electron chi connectivity index (χ0n) is 14.2. The van der Waals surface area contributed by atoms with Crippen molar-refractivity contribution < 1.29 is 13.2 Å². The van der Waals surface area contributed by atoms with E-state index < -0.39 is 15.9 Å². The number of halogens is 2.